The van der Waals surface area contributed by atoms with Gasteiger partial charge in [0.15, 0.2) is 23.9 Å². The zero-order valence-corrected chi connectivity index (χ0v) is 58.6. The Balaban J connectivity index is 1.10. The molecule has 2 saturated heterocycles. The van der Waals surface area contributed by atoms with E-state index in [-0.39, 0.29) is 81.5 Å². The van der Waals surface area contributed by atoms with E-state index in [0.717, 1.165) is 36.8 Å². The molecule has 6 atom stereocenters. The summed E-state index contributed by atoms with van der Waals surface area (Å²) >= 11 is 0. The molecule has 0 unspecified atom stereocenters. The first-order valence-corrected chi connectivity index (χ1v) is 34.8. The predicted octanol–water partition coefficient (Wildman–Crippen LogP) is 9.44. The zero-order valence-electron chi connectivity index (χ0n) is 58.6. The number of aryl methyl sites for hydroxylation is 1. The number of benzene rings is 4. The van der Waals surface area contributed by atoms with Crippen molar-refractivity contribution in [3.8, 4) is 17.2 Å². The van der Waals surface area contributed by atoms with Gasteiger partial charge in [0.25, 0.3) is 11.8 Å². The van der Waals surface area contributed by atoms with E-state index < -0.39 is 102 Å². The number of allylic oxidation sites excluding steroid dienone is 1. The highest BCUT2D eigenvalue weighted by Crippen LogP contribution is 2.34. The molecule has 1 N–H and O–H groups in total. The lowest BCUT2D eigenvalue weighted by atomic mass is 9.84. The molecule has 3 aliphatic heterocycles. The van der Waals surface area contributed by atoms with Crippen molar-refractivity contribution in [2.45, 2.75) is 180 Å². The molecule has 3 heterocycles. The largest absolute Gasteiger partial charge is 0.493 e. The number of cyclic esters (lactones) is 2. The molecule has 98 heavy (non-hydrogen) atoms. The number of ether oxygens (including phenoxy) is 5. The van der Waals surface area contributed by atoms with E-state index in [1.165, 1.54) is 72.1 Å². The van der Waals surface area contributed by atoms with Crippen LogP contribution in [0.1, 0.15) is 163 Å². The van der Waals surface area contributed by atoms with Crippen LogP contribution in [0, 0.1) is 17.3 Å². The Bertz CT molecular complexity index is 3470. The normalized spacial score (nSPS) is 23.0. The van der Waals surface area contributed by atoms with Crippen molar-refractivity contribution in [3.05, 3.63) is 137 Å². The van der Waals surface area contributed by atoms with Crippen LogP contribution in [0.25, 0.3) is 0 Å². The Labute approximate surface area is 577 Å². The zero-order chi connectivity index (χ0) is 70.6. The molecule has 528 valence electrons. The van der Waals surface area contributed by atoms with Crippen LogP contribution >= 0.6 is 0 Å². The number of ketones is 2. The molecule has 2 bridgehead atoms. The Morgan fingerprint density at radius 2 is 1.33 bits per heavy atom. The lowest BCUT2D eigenvalue weighted by Gasteiger charge is -2.36. The van der Waals surface area contributed by atoms with E-state index in [1.54, 1.807) is 74.8 Å². The minimum absolute atomic E-state index is 0.0181. The summed E-state index contributed by atoms with van der Waals surface area (Å²) in [6, 6.07) is 23.1. The summed E-state index contributed by atoms with van der Waals surface area (Å²) in [5, 5.41) is 3.04. The molecular formula is C77H100N6O15. The van der Waals surface area contributed by atoms with Gasteiger partial charge < -0.3 is 53.5 Å². The number of fused-ring (bicyclic) bond motifs is 4. The van der Waals surface area contributed by atoms with E-state index >= 15 is 14.4 Å². The number of amides is 6. The molecule has 0 aromatic heterocycles. The van der Waals surface area contributed by atoms with Crippen LogP contribution in [0.5, 0.6) is 17.2 Å². The number of esters is 2. The number of hydrogen-bond donors (Lipinski definition) is 1. The maximum absolute atomic E-state index is 15.4. The Hall–Kier alpha value is -8.88. The standard InChI is InChI=1S/C77H100N6O15/c1-51(2)43-62-74(91)82-42-22-30-60(82)71(88)78-59(44-54-32-36-56(37-33-54)64(84)46-53-25-15-11-16-26-53)72(89)81(7)63(45-52-23-13-10-14-24-52)73(90)79(5)40-19-12-17-31-69(86)97-50-77(3,4)70(87)75(92)83-41-20-18-29-61(83)76(93)98-65(38-34-55-35-39-66(94-8)67(47-55)95-9)57-27-21-28-58(48-57)96-49-68(85)80(62)6/h10,13-14,17,21,23-24,27-28,31-33,35-37,39,47-48,51,53,59-63,65H,11-12,15-16,18-20,22,25-26,29-30,34,38,40-46,49-50H2,1-9H3,(H,78,88)/t59-,60-,61+,62+,63-,65-/m1/s1. The molecule has 4 aromatic carbocycles. The van der Waals surface area contributed by atoms with Gasteiger partial charge in [-0.05, 0) is 136 Å². The minimum atomic E-state index is -1.50. The van der Waals surface area contributed by atoms with Gasteiger partial charge in [0.1, 0.15) is 48.7 Å². The quantitative estimate of drug-likeness (QED) is 0.0702. The number of nitrogens with one attached hydrogen (secondary N) is 1. The van der Waals surface area contributed by atoms with Gasteiger partial charge in [-0.15, -0.1) is 0 Å². The first kappa shape index (κ1) is 74.9. The van der Waals surface area contributed by atoms with Crippen molar-refractivity contribution in [1.29, 1.82) is 0 Å². The highest BCUT2D eigenvalue weighted by atomic mass is 16.5. The van der Waals surface area contributed by atoms with Gasteiger partial charge >= 0.3 is 11.9 Å². The SMILES string of the molecule is COc1ccc(CC[C@H]2OC(=O)[C@@H]3CCCCN3C(=O)C(=O)C(C)(C)COC(=O)C=CCCCN(C)C(=O)[C@@H](Cc3ccccc3)N(C)C(=O)[C@@H](Cc3ccc(C(=O)CC4CCCCC4)cc3)NC(=O)[C@H]3CCCN3C(=O)[C@H](CC(C)C)N(C)C(=O)COc3cccc2c3)cc1OC. The molecule has 0 spiro atoms. The molecule has 1 aliphatic carbocycles. The van der Waals surface area contributed by atoms with Crippen molar-refractivity contribution in [2.24, 2.45) is 17.3 Å². The molecule has 1 saturated carbocycles. The van der Waals surface area contributed by atoms with Crippen molar-refractivity contribution >= 4 is 58.9 Å². The lowest BCUT2D eigenvalue weighted by molar-refractivity contribution is -0.165. The number of rotatable bonds is 14. The summed E-state index contributed by atoms with van der Waals surface area (Å²) in [5.74, 6) is -4.17. The second-order valence-corrected chi connectivity index (χ2v) is 27.7. The lowest BCUT2D eigenvalue weighted by Crippen LogP contribution is -2.59. The third kappa shape index (κ3) is 20.1. The predicted molar refractivity (Wildman–Crippen MR) is 369 cm³/mol. The number of likely N-dealkylation sites (N-methyl/N-ethyl adjacent to an activating group) is 3. The molecular weight excluding hydrogens is 1250 g/mol. The smallest absolute Gasteiger partial charge is 0.330 e. The van der Waals surface area contributed by atoms with Crippen molar-refractivity contribution in [1.82, 2.24) is 29.8 Å². The van der Waals surface area contributed by atoms with Crippen LogP contribution in [0.4, 0.5) is 0 Å². The third-order valence-corrected chi connectivity index (χ3v) is 19.5. The average Bonchev–Trinajstić information content (AvgIpc) is 1.21. The summed E-state index contributed by atoms with van der Waals surface area (Å²) in [4.78, 5) is 152. The molecule has 21 nitrogen and oxygen atoms in total. The fourth-order valence-corrected chi connectivity index (χ4v) is 13.6. The molecule has 0 radical (unpaired) electrons. The summed E-state index contributed by atoms with van der Waals surface area (Å²) in [6.45, 7) is 6.44. The van der Waals surface area contributed by atoms with Crippen LogP contribution in [0.2, 0.25) is 0 Å². The number of methoxy groups -OCH3 is 2. The average molecular weight is 1350 g/mol. The van der Waals surface area contributed by atoms with Gasteiger partial charge in [-0.2, -0.15) is 0 Å². The molecule has 3 fully saturated rings. The topological polar surface area (TPSA) is 245 Å². The fourth-order valence-electron chi connectivity index (χ4n) is 13.6. The molecule has 4 aliphatic rings. The number of Topliss-reactive ketones (excluding diaryl/α,β-unsaturated/α-hetero) is 2. The van der Waals surface area contributed by atoms with E-state index in [0.29, 0.717) is 79.1 Å². The highest BCUT2D eigenvalue weighted by Gasteiger charge is 2.44. The van der Waals surface area contributed by atoms with Gasteiger partial charge in [0, 0.05) is 71.7 Å². The first-order valence-electron chi connectivity index (χ1n) is 34.8. The van der Waals surface area contributed by atoms with Gasteiger partial charge in [-0.25, -0.2) is 9.59 Å². The van der Waals surface area contributed by atoms with Crippen molar-refractivity contribution < 1.29 is 71.6 Å². The minimum Gasteiger partial charge on any atom is -0.493 e. The van der Waals surface area contributed by atoms with Gasteiger partial charge in [-0.1, -0.05) is 125 Å². The summed E-state index contributed by atoms with van der Waals surface area (Å²) < 4.78 is 29.2. The highest BCUT2D eigenvalue weighted by molar-refractivity contribution is 6.38. The summed E-state index contributed by atoms with van der Waals surface area (Å²) in [6.07, 6.45) is 11.5. The summed E-state index contributed by atoms with van der Waals surface area (Å²) in [7, 11) is 7.77. The Morgan fingerprint density at radius 3 is 2.04 bits per heavy atom. The second-order valence-electron chi connectivity index (χ2n) is 27.7. The molecule has 21 heteroatoms. The van der Waals surface area contributed by atoms with Crippen molar-refractivity contribution in [3.63, 3.8) is 0 Å². The number of carbonyl (C=O) groups excluding carboxylic acids is 10. The Kier molecular flexibility index (Phi) is 27.2. The molecule has 6 amide bonds. The fraction of sp³-hybridized carbons (Fsp3) is 0.532. The monoisotopic (exact) mass is 1350 g/mol. The molecule has 4 aromatic rings. The van der Waals surface area contributed by atoms with Crippen molar-refractivity contribution in [2.75, 3.05) is 68.2 Å². The number of nitrogens with zero attached hydrogens (tertiary/aromatic N) is 5. The van der Waals surface area contributed by atoms with Crippen LogP contribution in [0.3, 0.4) is 0 Å². The van der Waals surface area contributed by atoms with E-state index in [9.17, 15) is 33.6 Å². The molecule has 8 rings (SSSR count). The van der Waals surface area contributed by atoms with E-state index in [2.05, 4.69) is 5.32 Å². The maximum atomic E-state index is 15.4. The number of hydrogen-bond acceptors (Lipinski definition) is 15. The van der Waals surface area contributed by atoms with Gasteiger partial charge in [-0.3, -0.25) is 38.4 Å². The summed E-state index contributed by atoms with van der Waals surface area (Å²) in [5.41, 5.74) is 1.84. The Morgan fingerprint density at radius 1 is 0.643 bits per heavy atom. The van der Waals surface area contributed by atoms with Gasteiger partial charge in [0.2, 0.25) is 29.4 Å². The van der Waals surface area contributed by atoms with Crippen LogP contribution < -0.4 is 19.5 Å². The first-order chi connectivity index (χ1) is 47.0. The second kappa shape index (κ2) is 35.6. The maximum Gasteiger partial charge on any atom is 0.330 e. The van der Waals surface area contributed by atoms with Crippen LogP contribution in [0.15, 0.2) is 109 Å². The van der Waals surface area contributed by atoms with E-state index in [1.807, 2.05) is 56.3 Å². The van der Waals surface area contributed by atoms with Gasteiger partial charge in [0.05, 0.1) is 19.6 Å². The number of piperidine rings is 1. The van der Waals surface area contributed by atoms with Crippen LogP contribution in [-0.2, 0) is 71.9 Å². The van der Waals surface area contributed by atoms with Crippen LogP contribution in [-0.4, -0.2) is 182 Å². The van der Waals surface area contributed by atoms with E-state index in [4.69, 9.17) is 23.7 Å². The third-order valence-electron chi connectivity index (χ3n) is 19.5. The number of carbonyl (C=O) groups is 10.